The number of methoxy groups -OCH3 is 1. The predicted octanol–water partition coefficient (Wildman–Crippen LogP) is 4.62. The second-order valence-electron chi connectivity index (χ2n) is 6.50. The van der Waals surface area contributed by atoms with Gasteiger partial charge >= 0.3 is 0 Å². The van der Waals surface area contributed by atoms with E-state index in [9.17, 15) is 10.1 Å². The van der Waals surface area contributed by atoms with Crippen LogP contribution in [-0.2, 0) is 4.79 Å². The molecular weight excluding hydrogens is 316 g/mol. The van der Waals surface area contributed by atoms with E-state index in [-0.39, 0.29) is 5.91 Å². The summed E-state index contributed by atoms with van der Waals surface area (Å²) in [6, 6.07) is 13.6. The number of hydrogen-bond acceptors (Lipinski definition) is 4. The summed E-state index contributed by atoms with van der Waals surface area (Å²) in [7, 11) is 1.56. The molecule has 5 heteroatoms. The summed E-state index contributed by atoms with van der Waals surface area (Å²) in [5.41, 5.74) is 1.05. The van der Waals surface area contributed by atoms with Gasteiger partial charge in [0.25, 0.3) is 0 Å². The molecule has 1 aliphatic rings. The zero-order chi connectivity index (χ0) is 17.4. The number of para-hydroxylation sites is 1. The molecule has 1 aliphatic carbocycles. The molecule has 5 nitrogen and oxygen atoms in total. The predicted molar refractivity (Wildman–Crippen MR) is 95.4 cm³/mol. The lowest BCUT2D eigenvalue weighted by atomic mass is 9.87. The highest BCUT2D eigenvalue weighted by atomic mass is 16.5. The molecule has 2 aromatic carbocycles. The number of amides is 1. The Kier molecular flexibility index (Phi) is 3.61. The SMILES string of the molecule is COc1cc2c(cc1NC(=O)C1(C#N)CCCC1)oc1ccccc12. The van der Waals surface area contributed by atoms with Crippen molar-refractivity contribution in [2.45, 2.75) is 25.7 Å². The summed E-state index contributed by atoms with van der Waals surface area (Å²) >= 11 is 0. The Bertz CT molecular complexity index is 1010. The first-order valence-electron chi connectivity index (χ1n) is 8.39. The Hall–Kier alpha value is -3.00. The number of nitriles is 1. The van der Waals surface area contributed by atoms with Crippen LogP contribution in [-0.4, -0.2) is 13.0 Å². The van der Waals surface area contributed by atoms with Crippen LogP contribution >= 0.6 is 0 Å². The molecule has 0 unspecified atom stereocenters. The van der Waals surface area contributed by atoms with Gasteiger partial charge < -0.3 is 14.5 Å². The van der Waals surface area contributed by atoms with Crippen LogP contribution < -0.4 is 10.1 Å². The van der Waals surface area contributed by atoms with Gasteiger partial charge in [0.2, 0.25) is 5.91 Å². The van der Waals surface area contributed by atoms with Gasteiger partial charge in [-0.25, -0.2) is 0 Å². The third-order valence-electron chi connectivity index (χ3n) is 5.05. The number of benzene rings is 2. The molecule has 1 fully saturated rings. The molecule has 1 saturated carbocycles. The highest BCUT2D eigenvalue weighted by Crippen LogP contribution is 2.41. The van der Waals surface area contributed by atoms with Gasteiger partial charge in [0.15, 0.2) is 0 Å². The lowest BCUT2D eigenvalue weighted by molar-refractivity contribution is -0.122. The van der Waals surface area contributed by atoms with Crippen molar-refractivity contribution in [2.24, 2.45) is 5.41 Å². The van der Waals surface area contributed by atoms with Crippen molar-refractivity contribution in [3.63, 3.8) is 0 Å². The molecule has 0 radical (unpaired) electrons. The van der Waals surface area contributed by atoms with Gasteiger partial charge in [0, 0.05) is 16.8 Å². The normalized spacial score (nSPS) is 16.0. The quantitative estimate of drug-likeness (QED) is 0.758. The number of rotatable bonds is 3. The van der Waals surface area contributed by atoms with Gasteiger partial charge in [-0.1, -0.05) is 31.0 Å². The highest BCUT2D eigenvalue weighted by Gasteiger charge is 2.41. The minimum Gasteiger partial charge on any atom is -0.495 e. The largest absolute Gasteiger partial charge is 0.495 e. The van der Waals surface area contributed by atoms with Crippen molar-refractivity contribution in [3.8, 4) is 11.8 Å². The second-order valence-corrected chi connectivity index (χ2v) is 6.50. The molecule has 25 heavy (non-hydrogen) atoms. The van der Waals surface area contributed by atoms with Crippen molar-refractivity contribution in [2.75, 3.05) is 12.4 Å². The Morgan fingerprint density at radius 2 is 1.96 bits per heavy atom. The molecule has 0 saturated heterocycles. The van der Waals surface area contributed by atoms with Crippen LogP contribution in [0.5, 0.6) is 5.75 Å². The molecule has 126 valence electrons. The van der Waals surface area contributed by atoms with Crippen molar-refractivity contribution in [3.05, 3.63) is 36.4 Å². The van der Waals surface area contributed by atoms with Gasteiger partial charge in [-0.05, 0) is 25.0 Å². The lowest BCUT2D eigenvalue weighted by Gasteiger charge is -2.20. The molecule has 0 spiro atoms. The van der Waals surface area contributed by atoms with E-state index in [0.717, 1.165) is 29.2 Å². The molecule has 0 bridgehead atoms. The van der Waals surface area contributed by atoms with E-state index in [1.54, 1.807) is 13.2 Å². The number of fused-ring (bicyclic) bond motifs is 3. The summed E-state index contributed by atoms with van der Waals surface area (Å²) in [6.07, 6.45) is 3.01. The van der Waals surface area contributed by atoms with Crippen LogP contribution in [0, 0.1) is 16.7 Å². The molecule has 1 N–H and O–H groups in total. The fraction of sp³-hybridized carbons (Fsp3) is 0.300. The number of nitrogens with zero attached hydrogens (tertiary/aromatic N) is 1. The highest BCUT2D eigenvalue weighted by molar-refractivity contribution is 6.08. The first kappa shape index (κ1) is 15.5. The average molecular weight is 334 g/mol. The first-order chi connectivity index (χ1) is 12.2. The van der Waals surface area contributed by atoms with Crippen LogP contribution in [0.4, 0.5) is 5.69 Å². The average Bonchev–Trinajstić information content (AvgIpc) is 3.26. The monoisotopic (exact) mass is 334 g/mol. The third-order valence-corrected chi connectivity index (χ3v) is 5.05. The maximum Gasteiger partial charge on any atom is 0.244 e. The number of nitrogens with one attached hydrogen (secondary N) is 1. The van der Waals surface area contributed by atoms with E-state index in [1.165, 1.54) is 0 Å². The molecule has 0 atom stereocenters. The summed E-state index contributed by atoms with van der Waals surface area (Å²) < 4.78 is 11.3. The van der Waals surface area contributed by atoms with Crippen molar-refractivity contribution in [1.29, 1.82) is 5.26 Å². The molecule has 4 rings (SSSR count). The minimum atomic E-state index is -0.937. The summed E-state index contributed by atoms with van der Waals surface area (Å²) in [4.78, 5) is 12.7. The van der Waals surface area contributed by atoms with Gasteiger partial charge in [0.1, 0.15) is 22.3 Å². The van der Waals surface area contributed by atoms with Gasteiger partial charge in [0.05, 0.1) is 18.9 Å². The van der Waals surface area contributed by atoms with E-state index < -0.39 is 5.41 Å². The fourth-order valence-corrected chi connectivity index (χ4v) is 3.63. The van der Waals surface area contributed by atoms with Gasteiger partial charge in [-0.15, -0.1) is 0 Å². The van der Waals surface area contributed by atoms with E-state index in [1.807, 2.05) is 30.3 Å². The summed E-state index contributed by atoms with van der Waals surface area (Å²) in [5.74, 6) is 0.291. The molecular formula is C20H18N2O3. The van der Waals surface area contributed by atoms with Crippen LogP contribution in [0.1, 0.15) is 25.7 Å². The van der Waals surface area contributed by atoms with Crippen LogP contribution in [0.2, 0.25) is 0 Å². The number of hydrogen-bond donors (Lipinski definition) is 1. The topological polar surface area (TPSA) is 75.3 Å². The first-order valence-corrected chi connectivity index (χ1v) is 8.39. The van der Waals surface area contributed by atoms with Crippen LogP contribution in [0.3, 0.4) is 0 Å². The zero-order valence-electron chi connectivity index (χ0n) is 14.0. The Morgan fingerprint density at radius 1 is 1.20 bits per heavy atom. The standard InChI is InChI=1S/C20H18N2O3/c1-24-18-10-14-13-6-2-3-7-16(13)25-17(14)11-15(18)22-19(23)20(12-21)8-4-5-9-20/h2-3,6-7,10-11H,4-5,8-9H2,1H3,(H,22,23). The lowest BCUT2D eigenvalue weighted by Crippen LogP contribution is -2.32. The Labute approximate surface area is 145 Å². The molecule has 1 heterocycles. The number of anilines is 1. The smallest absolute Gasteiger partial charge is 0.244 e. The van der Waals surface area contributed by atoms with Gasteiger partial charge in [-0.3, -0.25) is 4.79 Å². The number of carbonyl (C=O) groups excluding carboxylic acids is 1. The van der Waals surface area contributed by atoms with Crippen LogP contribution in [0.25, 0.3) is 21.9 Å². The van der Waals surface area contributed by atoms with Crippen molar-refractivity contribution in [1.82, 2.24) is 0 Å². The maximum atomic E-state index is 12.7. The third kappa shape index (κ3) is 2.42. The number of ether oxygens (including phenoxy) is 1. The van der Waals surface area contributed by atoms with Crippen molar-refractivity contribution >= 4 is 33.5 Å². The number of carbonyl (C=O) groups is 1. The Morgan fingerprint density at radius 3 is 2.68 bits per heavy atom. The van der Waals surface area contributed by atoms with Gasteiger partial charge in [-0.2, -0.15) is 5.26 Å². The number of furan rings is 1. The van der Waals surface area contributed by atoms with Crippen molar-refractivity contribution < 1.29 is 13.9 Å². The second kappa shape index (κ2) is 5.82. The van der Waals surface area contributed by atoms with E-state index in [0.29, 0.717) is 29.9 Å². The fourth-order valence-electron chi connectivity index (χ4n) is 3.63. The van der Waals surface area contributed by atoms with Crippen LogP contribution in [0.15, 0.2) is 40.8 Å². The zero-order valence-corrected chi connectivity index (χ0v) is 14.0. The molecule has 1 amide bonds. The minimum absolute atomic E-state index is 0.263. The van der Waals surface area contributed by atoms with E-state index >= 15 is 0 Å². The van der Waals surface area contributed by atoms with E-state index in [2.05, 4.69) is 11.4 Å². The maximum absolute atomic E-state index is 12.7. The summed E-state index contributed by atoms with van der Waals surface area (Å²) in [5, 5.41) is 14.3. The molecule has 3 aromatic rings. The Balaban J connectivity index is 1.77. The van der Waals surface area contributed by atoms with E-state index in [4.69, 9.17) is 9.15 Å². The molecule has 1 aromatic heterocycles. The molecule has 0 aliphatic heterocycles. The summed E-state index contributed by atoms with van der Waals surface area (Å²) in [6.45, 7) is 0.